The maximum atomic E-state index is 12.4. The van der Waals surface area contributed by atoms with Crippen molar-refractivity contribution in [3.05, 3.63) is 47.2 Å². The van der Waals surface area contributed by atoms with Gasteiger partial charge in [0.1, 0.15) is 10.9 Å². The van der Waals surface area contributed by atoms with Gasteiger partial charge in [-0.3, -0.25) is 4.79 Å². The number of halogens is 1. The van der Waals surface area contributed by atoms with E-state index in [1.807, 2.05) is 0 Å². The summed E-state index contributed by atoms with van der Waals surface area (Å²) in [4.78, 5) is 17.8. The molecule has 1 heterocycles. The lowest BCUT2D eigenvalue weighted by Crippen LogP contribution is -2.26. The fourth-order valence-corrected chi connectivity index (χ4v) is 1.92. The molecule has 2 rings (SSSR count). The number of aromatic nitrogens is 1. The van der Waals surface area contributed by atoms with Crippen molar-refractivity contribution in [1.82, 2.24) is 4.98 Å². The van der Waals surface area contributed by atoms with E-state index in [0.29, 0.717) is 17.1 Å². The van der Waals surface area contributed by atoms with Crippen LogP contribution in [0.3, 0.4) is 0 Å². The Hall–Kier alpha value is -2.27. The highest BCUT2D eigenvalue weighted by Gasteiger charge is 2.18. The Labute approximate surface area is 121 Å². The SMILES string of the molecule is COc1cccc(N(C)C(=O)c2cc(N)cnc2Cl)c1. The zero-order valence-corrected chi connectivity index (χ0v) is 11.9. The first kappa shape index (κ1) is 14.1. The highest BCUT2D eigenvalue weighted by atomic mass is 35.5. The molecule has 0 unspecified atom stereocenters. The van der Waals surface area contributed by atoms with Crippen LogP contribution in [0, 0.1) is 0 Å². The number of carbonyl (C=O) groups is 1. The zero-order chi connectivity index (χ0) is 14.7. The van der Waals surface area contributed by atoms with E-state index in [9.17, 15) is 4.79 Å². The Kier molecular flexibility index (Phi) is 4.10. The summed E-state index contributed by atoms with van der Waals surface area (Å²) in [6.07, 6.45) is 1.41. The third-order valence-corrected chi connectivity index (χ3v) is 3.14. The summed E-state index contributed by atoms with van der Waals surface area (Å²) < 4.78 is 5.14. The molecule has 0 radical (unpaired) electrons. The molecule has 1 aromatic carbocycles. The number of nitrogens with two attached hydrogens (primary N) is 1. The normalized spacial score (nSPS) is 10.2. The van der Waals surface area contributed by atoms with Gasteiger partial charge in [-0.1, -0.05) is 17.7 Å². The first-order valence-electron chi connectivity index (χ1n) is 5.86. The van der Waals surface area contributed by atoms with Crippen LogP contribution in [0.4, 0.5) is 11.4 Å². The molecule has 0 fully saturated rings. The molecular formula is C14H14ClN3O2. The van der Waals surface area contributed by atoms with E-state index in [2.05, 4.69) is 4.98 Å². The average molecular weight is 292 g/mol. The highest BCUT2D eigenvalue weighted by Crippen LogP contribution is 2.24. The van der Waals surface area contributed by atoms with Gasteiger partial charge in [0.15, 0.2) is 0 Å². The maximum absolute atomic E-state index is 12.4. The molecule has 5 nitrogen and oxygen atoms in total. The van der Waals surface area contributed by atoms with Crippen LogP contribution < -0.4 is 15.4 Å². The van der Waals surface area contributed by atoms with Crippen LogP contribution in [0.25, 0.3) is 0 Å². The standard InChI is InChI=1S/C14H14ClN3O2/c1-18(10-4-3-5-11(7-10)20-2)14(19)12-6-9(16)8-17-13(12)15/h3-8H,16H2,1-2H3. The van der Waals surface area contributed by atoms with E-state index >= 15 is 0 Å². The quantitative estimate of drug-likeness (QED) is 0.883. The number of carbonyl (C=O) groups excluding carboxylic acids is 1. The minimum absolute atomic E-state index is 0.124. The Morgan fingerprint density at radius 1 is 1.40 bits per heavy atom. The number of nitrogen functional groups attached to an aromatic ring is 1. The molecule has 20 heavy (non-hydrogen) atoms. The number of hydrogen-bond donors (Lipinski definition) is 1. The van der Waals surface area contributed by atoms with Crippen molar-refractivity contribution < 1.29 is 9.53 Å². The van der Waals surface area contributed by atoms with E-state index in [1.54, 1.807) is 38.4 Å². The lowest BCUT2D eigenvalue weighted by atomic mass is 10.2. The highest BCUT2D eigenvalue weighted by molar-refractivity contribution is 6.33. The average Bonchev–Trinajstić information content (AvgIpc) is 2.48. The number of nitrogens with zero attached hydrogens (tertiary/aromatic N) is 2. The van der Waals surface area contributed by atoms with Crippen molar-refractivity contribution in [3.8, 4) is 5.75 Å². The van der Waals surface area contributed by atoms with Crippen LogP contribution in [-0.4, -0.2) is 25.0 Å². The summed E-state index contributed by atoms with van der Waals surface area (Å²) in [5, 5.41) is 0.124. The minimum Gasteiger partial charge on any atom is -0.497 e. The van der Waals surface area contributed by atoms with Gasteiger partial charge < -0.3 is 15.4 Å². The molecule has 2 aromatic rings. The molecule has 0 aliphatic heterocycles. The lowest BCUT2D eigenvalue weighted by molar-refractivity contribution is 0.0993. The Morgan fingerprint density at radius 2 is 2.15 bits per heavy atom. The van der Waals surface area contributed by atoms with E-state index in [4.69, 9.17) is 22.1 Å². The Morgan fingerprint density at radius 3 is 2.85 bits per heavy atom. The van der Waals surface area contributed by atoms with Gasteiger partial charge in [-0.15, -0.1) is 0 Å². The predicted octanol–water partition coefficient (Wildman–Crippen LogP) is 2.60. The van der Waals surface area contributed by atoms with Gasteiger partial charge in [0.25, 0.3) is 5.91 Å². The fraction of sp³-hybridized carbons (Fsp3) is 0.143. The van der Waals surface area contributed by atoms with Crippen LogP contribution in [0.5, 0.6) is 5.75 Å². The van der Waals surface area contributed by atoms with Gasteiger partial charge in [-0.05, 0) is 18.2 Å². The van der Waals surface area contributed by atoms with Gasteiger partial charge in [-0.25, -0.2) is 4.98 Å². The van der Waals surface area contributed by atoms with Gasteiger partial charge in [0.2, 0.25) is 0 Å². The minimum atomic E-state index is -0.289. The first-order chi connectivity index (χ1) is 9.52. The number of methoxy groups -OCH3 is 1. The fourth-order valence-electron chi connectivity index (χ4n) is 1.73. The topological polar surface area (TPSA) is 68.5 Å². The molecule has 1 amide bonds. The summed E-state index contributed by atoms with van der Waals surface area (Å²) in [5.41, 5.74) is 6.97. The van der Waals surface area contributed by atoms with Crippen molar-refractivity contribution in [2.75, 3.05) is 24.8 Å². The molecular weight excluding hydrogens is 278 g/mol. The van der Waals surface area contributed by atoms with E-state index in [0.717, 1.165) is 0 Å². The number of hydrogen-bond acceptors (Lipinski definition) is 4. The number of amides is 1. The summed E-state index contributed by atoms with van der Waals surface area (Å²) >= 11 is 5.94. The van der Waals surface area contributed by atoms with Crippen molar-refractivity contribution in [2.24, 2.45) is 0 Å². The molecule has 104 valence electrons. The van der Waals surface area contributed by atoms with Crippen LogP contribution >= 0.6 is 11.6 Å². The first-order valence-corrected chi connectivity index (χ1v) is 6.24. The molecule has 6 heteroatoms. The van der Waals surface area contributed by atoms with Crippen LogP contribution in [0.15, 0.2) is 36.5 Å². The predicted molar refractivity (Wildman–Crippen MR) is 79.4 cm³/mol. The molecule has 2 N–H and O–H groups in total. The number of pyridine rings is 1. The third-order valence-electron chi connectivity index (χ3n) is 2.84. The van der Waals surface area contributed by atoms with Gasteiger partial charge in [-0.2, -0.15) is 0 Å². The van der Waals surface area contributed by atoms with Gasteiger partial charge >= 0.3 is 0 Å². The van der Waals surface area contributed by atoms with Crippen molar-refractivity contribution in [2.45, 2.75) is 0 Å². The molecule has 0 atom stereocenters. The summed E-state index contributed by atoms with van der Waals surface area (Å²) in [6.45, 7) is 0. The zero-order valence-electron chi connectivity index (χ0n) is 11.1. The Bertz CT molecular complexity index is 646. The Balaban J connectivity index is 2.34. The van der Waals surface area contributed by atoms with E-state index in [-0.39, 0.29) is 16.6 Å². The van der Waals surface area contributed by atoms with Crippen molar-refractivity contribution in [3.63, 3.8) is 0 Å². The molecule has 0 aliphatic carbocycles. The van der Waals surface area contributed by atoms with Gasteiger partial charge in [0.05, 0.1) is 24.6 Å². The number of rotatable bonds is 3. The monoisotopic (exact) mass is 291 g/mol. The van der Waals surface area contributed by atoms with E-state index in [1.165, 1.54) is 17.2 Å². The summed E-state index contributed by atoms with van der Waals surface area (Å²) in [5.74, 6) is 0.377. The molecule has 1 aromatic heterocycles. The van der Waals surface area contributed by atoms with E-state index < -0.39 is 0 Å². The summed E-state index contributed by atoms with van der Waals surface area (Å²) in [6, 6.07) is 8.67. The van der Waals surface area contributed by atoms with Crippen molar-refractivity contribution in [1.29, 1.82) is 0 Å². The number of ether oxygens (including phenoxy) is 1. The molecule has 0 saturated carbocycles. The molecule has 0 bridgehead atoms. The second-order valence-electron chi connectivity index (χ2n) is 4.17. The third kappa shape index (κ3) is 2.83. The van der Waals surface area contributed by atoms with Crippen LogP contribution in [0.1, 0.15) is 10.4 Å². The second-order valence-corrected chi connectivity index (χ2v) is 4.53. The summed E-state index contributed by atoms with van der Waals surface area (Å²) in [7, 11) is 3.22. The molecule has 0 aliphatic rings. The van der Waals surface area contributed by atoms with Gasteiger partial charge in [0, 0.05) is 18.8 Å². The van der Waals surface area contributed by atoms with Crippen molar-refractivity contribution >= 4 is 28.9 Å². The largest absolute Gasteiger partial charge is 0.497 e. The van der Waals surface area contributed by atoms with Crippen LogP contribution in [-0.2, 0) is 0 Å². The maximum Gasteiger partial charge on any atom is 0.261 e. The van der Waals surface area contributed by atoms with Crippen LogP contribution in [0.2, 0.25) is 5.15 Å². The number of benzene rings is 1. The smallest absolute Gasteiger partial charge is 0.261 e. The molecule has 0 spiro atoms. The second kappa shape index (κ2) is 5.79. The number of anilines is 2. The lowest BCUT2D eigenvalue weighted by Gasteiger charge is -2.18. The molecule has 0 saturated heterocycles.